The number of Topliss-reactive ketones (excluding diaryl/α,β-unsaturated/α-hetero) is 1. The second-order valence-corrected chi connectivity index (χ2v) is 8.80. The quantitative estimate of drug-likeness (QED) is 0.199. The first-order chi connectivity index (χ1) is 16.8. The summed E-state index contributed by atoms with van der Waals surface area (Å²) in [6, 6.07) is 16.1. The predicted molar refractivity (Wildman–Crippen MR) is 134 cm³/mol. The molecule has 0 bridgehead atoms. The zero-order valence-electron chi connectivity index (χ0n) is 19.4. The van der Waals surface area contributed by atoms with E-state index in [0.29, 0.717) is 27.6 Å². The minimum Gasteiger partial charge on any atom is -0.497 e. The fourth-order valence-electron chi connectivity index (χ4n) is 4.19. The maximum Gasteiger partial charge on any atom is 0.315 e. The summed E-state index contributed by atoms with van der Waals surface area (Å²) in [6.45, 7) is 1.77. The molecule has 0 unspecified atom stereocenters. The Hall–Kier alpha value is -4.03. The van der Waals surface area contributed by atoms with Crippen molar-refractivity contribution in [2.75, 3.05) is 7.11 Å². The van der Waals surface area contributed by atoms with Crippen LogP contribution in [0, 0.1) is 6.92 Å². The third-order valence-electron chi connectivity index (χ3n) is 6.04. The summed E-state index contributed by atoms with van der Waals surface area (Å²) < 4.78 is 18.9. The first-order valence-corrected chi connectivity index (χ1v) is 11.4. The molecule has 4 aromatic rings. The smallest absolute Gasteiger partial charge is 0.315 e. The standard InChI is InChI=1S/C28H22ClNO5/c1-16-24(34-26(31)12-17-4-6-19(29)7-5-17)11-9-21-27(32)25(35-28(16)21)13-18-15-30(2)23-10-8-20(33-3)14-22(18)23/h4-11,13-15H,12H2,1-3H3/b25-13-. The molecule has 0 saturated carbocycles. The number of rotatable bonds is 5. The molecule has 0 atom stereocenters. The Bertz CT molecular complexity index is 1510. The van der Waals surface area contributed by atoms with Gasteiger partial charge in [-0.15, -0.1) is 0 Å². The zero-order chi connectivity index (χ0) is 24.7. The van der Waals surface area contributed by atoms with Gasteiger partial charge in [-0.25, -0.2) is 0 Å². The van der Waals surface area contributed by atoms with Crippen molar-refractivity contribution in [3.05, 3.63) is 93.8 Å². The number of fused-ring (bicyclic) bond motifs is 2. The summed E-state index contributed by atoms with van der Waals surface area (Å²) in [5.74, 6) is 1.05. The highest BCUT2D eigenvalue weighted by molar-refractivity contribution is 6.30. The van der Waals surface area contributed by atoms with Gasteiger partial charge in [0.05, 0.1) is 19.1 Å². The molecule has 176 valence electrons. The number of esters is 1. The zero-order valence-corrected chi connectivity index (χ0v) is 20.2. The summed E-state index contributed by atoms with van der Waals surface area (Å²) >= 11 is 5.90. The molecule has 1 aliphatic heterocycles. The lowest BCUT2D eigenvalue weighted by Crippen LogP contribution is -2.12. The number of allylic oxidation sites excluding steroid dienone is 1. The average molecular weight is 488 g/mol. The third kappa shape index (κ3) is 4.29. The molecule has 5 rings (SSSR count). The van der Waals surface area contributed by atoms with Crippen LogP contribution in [0.2, 0.25) is 5.02 Å². The Morgan fingerprint density at radius 3 is 2.63 bits per heavy atom. The van der Waals surface area contributed by atoms with Crippen LogP contribution < -0.4 is 14.2 Å². The van der Waals surface area contributed by atoms with Crippen LogP contribution in [0.4, 0.5) is 0 Å². The van der Waals surface area contributed by atoms with Crippen molar-refractivity contribution in [1.82, 2.24) is 4.57 Å². The van der Waals surface area contributed by atoms with Crippen LogP contribution in [0.3, 0.4) is 0 Å². The van der Waals surface area contributed by atoms with E-state index >= 15 is 0 Å². The van der Waals surface area contributed by atoms with E-state index in [9.17, 15) is 9.59 Å². The van der Waals surface area contributed by atoms with E-state index in [1.165, 1.54) is 0 Å². The predicted octanol–water partition coefficient (Wildman–Crippen LogP) is 5.91. The van der Waals surface area contributed by atoms with Gasteiger partial charge in [-0.3, -0.25) is 9.59 Å². The van der Waals surface area contributed by atoms with Gasteiger partial charge in [-0.1, -0.05) is 23.7 Å². The van der Waals surface area contributed by atoms with Gasteiger partial charge in [0.2, 0.25) is 5.78 Å². The first-order valence-electron chi connectivity index (χ1n) is 11.0. The normalized spacial score (nSPS) is 13.7. The minimum absolute atomic E-state index is 0.100. The third-order valence-corrected chi connectivity index (χ3v) is 6.29. The summed E-state index contributed by atoms with van der Waals surface area (Å²) in [6.07, 6.45) is 3.77. The fraction of sp³-hybridized carbons (Fsp3) is 0.143. The van der Waals surface area contributed by atoms with Crippen LogP contribution in [0.1, 0.15) is 27.0 Å². The summed E-state index contributed by atoms with van der Waals surface area (Å²) in [5.41, 5.74) is 3.66. The van der Waals surface area contributed by atoms with Gasteiger partial charge in [0, 0.05) is 40.3 Å². The van der Waals surface area contributed by atoms with Crippen molar-refractivity contribution >= 4 is 40.3 Å². The molecule has 3 aromatic carbocycles. The molecule has 0 amide bonds. The Morgan fingerprint density at radius 2 is 1.89 bits per heavy atom. The Kier molecular flexibility index (Phi) is 5.83. The van der Waals surface area contributed by atoms with Crippen molar-refractivity contribution in [3.8, 4) is 17.2 Å². The highest BCUT2D eigenvalue weighted by atomic mass is 35.5. The van der Waals surface area contributed by atoms with Crippen LogP contribution in [0.25, 0.3) is 17.0 Å². The highest BCUT2D eigenvalue weighted by Gasteiger charge is 2.31. The van der Waals surface area contributed by atoms with Gasteiger partial charge < -0.3 is 18.8 Å². The van der Waals surface area contributed by atoms with E-state index in [2.05, 4.69) is 0 Å². The van der Waals surface area contributed by atoms with Crippen molar-refractivity contribution < 1.29 is 23.8 Å². The van der Waals surface area contributed by atoms with E-state index < -0.39 is 5.97 Å². The second-order valence-electron chi connectivity index (χ2n) is 8.36. The molecule has 35 heavy (non-hydrogen) atoms. The number of hydrogen-bond donors (Lipinski definition) is 0. The molecule has 6 nitrogen and oxygen atoms in total. The molecule has 0 fully saturated rings. The number of carbonyl (C=O) groups is 2. The van der Waals surface area contributed by atoms with E-state index in [1.54, 1.807) is 56.5 Å². The summed E-state index contributed by atoms with van der Waals surface area (Å²) in [5, 5.41) is 1.55. The van der Waals surface area contributed by atoms with Gasteiger partial charge in [0.1, 0.15) is 17.2 Å². The average Bonchev–Trinajstić information content (AvgIpc) is 3.33. The van der Waals surface area contributed by atoms with Crippen molar-refractivity contribution in [2.24, 2.45) is 7.05 Å². The number of ketones is 1. The molecular formula is C28H22ClNO5. The summed E-state index contributed by atoms with van der Waals surface area (Å²) in [7, 11) is 3.56. The van der Waals surface area contributed by atoms with Crippen molar-refractivity contribution in [3.63, 3.8) is 0 Å². The molecule has 1 aromatic heterocycles. The SMILES string of the molecule is COc1ccc2c(c1)c(/C=C1\Oc3c(ccc(OC(=O)Cc4ccc(Cl)cc4)c3C)C1=O)cn2C. The van der Waals surface area contributed by atoms with E-state index in [-0.39, 0.29) is 18.0 Å². The molecule has 0 spiro atoms. The highest BCUT2D eigenvalue weighted by Crippen LogP contribution is 2.40. The Balaban J connectivity index is 1.41. The Morgan fingerprint density at radius 1 is 1.11 bits per heavy atom. The number of carbonyl (C=O) groups excluding carboxylic acids is 2. The minimum atomic E-state index is -0.417. The van der Waals surface area contributed by atoms with Gasteiger partial charge in [0.25, 0.3) is 0 Å². The maximum absolute atomic E-state index is 13.1. The molecular weight excluding hydrogens is 466 g/mol. The van der Waals surface area contributed by atoms with E-state index in [0.717, 1.165) is 27.8 Å². The number of aryl methyl sites for hydroxylation is 1. The van der Waals surface area contributed by atoms with Crippen LogP contribution in [0.5, 0.6) is 17.2 Å². The van der Waals surface area contributed by atoms with Crippen LogP contribution in [-0.2, 0) is 18.3 Å². The number of methoxy groups -OCH3 is 1. The molecule has 0 N–H and O–H groups in total. The number of nitrogens with zero attached hydrogens (tertiary/aromatic N) is 1. The van der Waals surface area contributed by atoms with E-state index in [4.69, 9.17) is 25.8 Å². The lowest BCUT2D eigenvalue weighted by Gasteiger charge is -2.10. The maximum atomic E-state index is 13.1. The Labute approximate surface area is 207 Å². The fourth-order valence-corrected chi connectivity index (χ4v) is 4.32. The molecule has 0 radical (unpaired) electrons. The van der Waals surface area contributed by atoms with Crippen molar-refractivity contribution in [2.45, 2.75) is 13.3 Å². The van der Waals surface area contributed by atoms with Crippen LogP contribution in [-0.4, -0.2) is 23.4 Å². The molecule has 0 aliphatic carbocycles. The number of ether oxygens (including phenoxy) is 3. The second kappa shape index (κ2) is 8.96. The molecule has 7 heteroatoms. The van der Waals surface area contributed by atoms with Gasteiger partial charge in [-0.2, -0.15) is 0 Å². The van der Waals surface area contributed by atoms with Gasteiger partial charge in [0.15, 0.2) is 5.76 Å². The molecule has 1 aliphatic rings. The number of aromatic nitrogens is 1. The number of hydrogen-bond acceptors (Lipinski definition) is 5. The van der Waals surface area contributed by atoms with Crippen LogP contribution >= 0.6 is 11.6 Å². The molecule has 0 saturated heterocycles. The van der Waals surface area contributed by atoms with Gasteiger partial charge in [-0.05, 0) is 61.0 Å². The number of benzene rings is 3. The lowest BCUT2D eigenvalue weighted by molar-refractivity contribution is -0.133. The van der Waals surface area contributed by atoms with E-state index in [1.807, 2.05) is 36.0 Å². The number of halogens is 1. The lowest BCUT2D eigenvalue weighted by atomic mass is 10.1. The van der Waals surface area contributed by atoms with Crippen molar-refractivity contribution in [1.29, 1.82) is 0 Å². The van der Waals surface area contributed by atoms with Crippen LogP contribution in [0.15, 0.2) is 66.6 Å². The monoisotopic (exact) mass is 487 g/mol. The largest absolute Gasteiger partial charge is 0.497 e. The van der Waals surface area contributed by atoms with Gasteiger partial charge >= 0.3 is 5.97 Å². The first kappa shape index (κ1) is 22.7. The topological polar surface area (TPSA) is 66.8 Å². The summed E-state index contributed by atoms with van der Waals surface area (Å²) in [4.78, 5) is 25.6. The molecule has 2 heterocycles.